The van der Waals surface area contributed by atoms with Gasteiger partial charge in [0.2, 0.25) is 0 Å². The van der Waals surface area contributed by atoms with Gasteiger partial charge in [0.15, 0.2) is 0 Å². The third-order valence-corrected chi connectivity index (χ3v) is 3.45. The molecule has 0 unspecified atom stereocenters. The summed E-state index contributed by atoms with van der Waals surface area (Å²) < 4.78 is 5.11. The highest BCUT2D eigenvalue weighted by atomic mass is 16.5. The summed E-state index contributed by atoms with van der Waals surface area (Å²) in [6, 6.07) is 16.1. The Morgan fingerprint density at radius 1 is 0.913 bits per heavy atom. The van der Waals surface area contributed by atoms with Gasteiger partial charge in [0.25, 0.3) is 0 Å². The van der Waals surface area contributed by atoms with Crippen LogP contribution < -0.4 is 4.74 Å². The molecule has 0 fully saturated rings. The smallest absolute Gasteiger partial charge is 0.118 e. The molecular formula is C20H22N2O. The number of methoxy groups -OCH3 is 1. The van der Waals surface area contributed by atoms with Crippen molar-refractivity contribution in [3.63, 3.8) is 0 Å². The fourth-order valence-corrected chi connectivity index (χ4v) is 2.11. The summed E-state index contributed by atoms with van der Waals surface area (Å²) in [4.78, 5) is 0. The number of hydrogen-bond acceptors (Lipinski definition) is 3. The van der Waals surface area contributed by atoms with Gasteiger partial charge >= 0.3 is 0 Å². The zero-order valence-electron chi connectivity index (χ0n) is 13.5. The average molecular weight is 306 g/mol. The number of aryl methyl sites for hydroxylation is 1. The molecule has 0 N–H and O–H groups in total. The Hall–Kier alpha value is -2.68. The lowest BCUT2D eigenvalue weighted by Crippen LogP contribution is -1.87. The summed E-state index contributed by atoms with van der Waals surface area (Å²) in [7, 11) is 1.65. The number of unbranched alkanes of at least 4 members (excludes halogenated alkanes) is 1. The van der Waals surface area contributed by atoms with E-state index < -0.39 is 0 Å². The third kappa shape index (κ3) is 5.91. The summed E-state index contributed by atoms with van der Waals surface area (Å²) in [6.07, 6.45) is 8.72. The van der Waals surface area contributed by atoms with E-state index in [4.69, 9.17) is 4.74 Å². The maximum Gasteiger partial charge on any atom is 0.118 e. The standard InChI is InChI=1S/C20H22N2O/c1-3-4-5-6-17-7-9-18(10-8-17)15-21-22-16-19-11-13-20(23-2)14-12-19/h3,7-16H,1,4-6H2,2H3/b21-15+,22-16+. The summed E-state index contributed by atoms with van der Waals surface area (Å²) in [5.41, 5.74) is 3.37. The van der Waals surface area contributed by atoms with Crippen molar-refractivity contribution >= 4 is 12.4 Å². The molecule has 3 heteroatoms. The van der Waals surface area contributed by atoms with Gasteiger partial charge in [-0.15, -0.1) is 6.58 Å². The Labute approximate surface area is 138 Å². The van der Waals surface area contributed by atoms with Crippen molar-refractivity contribution in [2.24, 2.45) is 10.2 Å². The van der Waals surface area contributed by atoms with Crippen LogP contribution in [-0.4, -0.2) is 19.5 Å². The summed E-state index contributed by atoms with van der Waals surface area (Å²) in [5.74, 6) is 0.832. The van der Waals surface area contributed by atoms with Crippen LogP contribution in [0.15, 0.2) is 71.4 Å². The first-order valence-corrected chi connectivity index (χ1v) is 7.72. The van der Waals surface area contributed by atoms with Crippen molar-refractivity contribution in [2.45, 2.75) is 19.3 Å². The van der Waals surface area contributed by atoms with E-state index in [1.54, 1.807) is 19.5 Å². The molecule has 0 saturated heterocycles. The van der Waals surface area contributed by atoms with Crippen LogP contribution in [-0.2, 0) is 6.42 Å². The Morgan fingerprint density at radius 3 is 2.00 bits per heavy atom. The largest absolute Gasteiger partial charge is 0.497 e. The Balaban J connectivity index is 1.86. The van der Waals surface area contributed by atoms with Crippen molar-refractivity contribution < 1.29 is 4.74 Å². The van der Waals surface area contributed by atoms with Crippen LogP contribution in [0.1, 0.15) is 29.5 Å². The molecule has 0 saturated carbocycles. The zero-order chi connectivity index (χ0) is 16.3. The highest BCUT2D eigenvalue weighted by molar-refractivity contribution is 5.82. The van der Waals surface area contributed by atoms with Crippen LogP contribution in [0, 0.1) is 0 Å². The van der Waals surface area contributed by atoms with Crippen LogP contribution in [0.25, 0.3) is 0 Å². The number of ether oxygens (including phenoxy) is 1. The Morgan fingerprint density at radius 2 is 1.48 bits per heavy atom. The van der Waals surface area contributed by atoms with Crippen molar-refractivity contribution in [3.05, 3.63) is 77.9 Å². The number of rotatable bonds is 8. The van der Waals surface area contributed by atoms with Gasteiger partial charge in [-0.1, -0.05) is 30.3 Å². The van der Waals surface area contributed by atoms with Gasteiger partial charge in [-0.25, -0.2) is 0 Å². The minimum atomic E-state index is 0.832. The van der Waals surface area contributed by atoms with Crippen LogP contribution >= 0.6 is 0 Å². The topological polar surface area (TPSA) is 34.0 Å². The van der Waals surface area contributed by atoms with Gasteiger partial charge in [0, 0.05) is 0 Å². The van der Waals surface area contributed by atoms with Gasteiger partial charge < -0.3 is 4.74 Å². The monoisotopic (exact) mass is 306 g/mol. The fourth-order valence-electron chi connectivity index (χ4n) is 2.11. The maximum atomic E-state index is 5.11. The molecule has 0 atom stereocenters. The molecule has 0 heterocycles. The van der Waals surface area contributed by atoms with Crippen molar-refractivity contribution in [1.82, 2.24) is 0 Å². The molecule has 0 aliphatic heterocycles. The molecule has 0 aliphatic carbocycles. The lowest BCUT2D eigenvalue weighted by atomic mass is 10.1. The SMILES string of the molecule is C=CCCCc1ccc(/C=N/N=C/c2ccc(OC)cc2)cc1. The number of hydrogen-bond donors (Lipinski definition) is 0. The van der Waals surface area contributed by atoms with Crippen LogP contribution in [0.3, 0.4) is 0 Å². The van der Waals surface area contributed by atoms with Crippen LogP contribution in [0.5, 0.6) is 5.75 Å². The molecule has 0 spiro atoms. The van der Waals surface area contributed by atoms with Crippen LogP contribution in [0.2, 0.25) is 0 Å². The van der Waals surface area contributed by atoms with E-state index in [9.17, 15) is 0 Å². The molecule has 2 aromatic carbocycles. The number of nitrogens with zero attached hydrogens (tertiary/aromatic N) is 2. The van der Waals surface area contributed by atoms with Gasteiger partial charge in [0.1, 0.15) is 5.75 Å². The van der Waals surface area contributed by atoms with Crippen molar-refractivity contribution in [1.29, 1.82) is 0 Å². The second-order valence-corrected chi connectivity index (χ2v) is 5.18. The molecule has 0 amide bonds. The van der Waals surface area contributed by atoms with Crippen molar-refractivity contribution in [3.8, 4) is 5.75 Å². The minimum absolute atomic E-state index is 0.832. The van der Waals surface area contributed by atoms with Gasteiger partial charge in [-0.2, -0.15) is 10.2 Å². The van der Waals surface area contributed by atoms with E-state index in [-0.39, 0.29) is 0 Å². The van der Waals surface area contributed by atoms with Crippen LogP contribution in [0.4, 0.5) is 0 Å². The molecule has 118 valence electrons. The molecular weight excluding hydrogens is 284 g/mol. The second kappa shape index (κ2) is 9.36. The highest BCUT2D eigenvalue weighted by Crippen LogP contribution is 2.10. The summed E-state index contributed by atoms with van der Waals surface area (Å²) in [6.45, 7) is 3.74. The first kappa shape index (κ1) is 16.7. The minimum Gasteiger partial charge on any atom is -0.497 e. The van der Waals surface area contributed by atoms with E-state index in [0.717, 1.165) is 36.1 Å². The lowest BCUT2D eigenvalue weighted by molar-refractivity contribution is 0.415. The van der Waals surface area contributed by atoms with E-state index in [2.05, 4.69) is 41.0 Å². The van der Waals surface area contributed by atoms with Gasteiger partial charge in [0.05, 0.1) is 19.5 Å². The maximum absolute atomic E-state index is 5.11. The van der Waals surface area contributed by atoms with Gasteiger partial charge in [-0.3, -0.25) is 0 Å². The molecule has 3 nitrogen and oxygen atoms in total. The molecule has 2 aromatic rings. The molecule has 23 heavy (non-hydrogen) atoms. The average Bonchev–Trinajstić information content (AvgIpc) is 2.61. The predicted octanol–water partition coefficient (Wildman–Crippen LogP) is 4.66. The summed E-state index contributed by atoms with van der Waals surface area (Å²) >= 11 is 0. The molecule has 0 aromatic heterocycles. The van der Waals surface area contributed by atoms with E-state index in [1.807, 2.05) is 30.3 Å². The van der Waals surface area contributed by atoms with E-state index >= 15 is 0 Å². The summed E-state index contributed by atoms with van der Waals surface area (Å²) in [5, 5.41) is 8.15. The van der Waals surface area contributed by atoms with E-state index in [0.29, 0.717) is 0 Å². The quantitative estimate of drug-likeness (QED) is 0.302. The highest BCUT2D eigenvalue weighted by Gasteiger charge is 1.93. The molecule has 0 aliphatic rings. The normalized spacial score (nSPS) is 11.2. The zero-order valence-corrected chi connectivity index (χ0v) is 13.5. The Bertz CT molecular complexity index is 655. The first-order chi connectivity index (χ1) is 11.3. The third-order valence-electron chi connectivity index (χ3n) is 3.45. The van der Waals surface area contributed by atoms with Crippen molar-refractivity contribution in [2.75, 3.05) is 7.11 Å². The first-order valence-electron chi connectivity index (χ1n) is 7.72. The molecule has 2 rings (SSSR count). The van der Waals surface area contributed by atoms with Gasteiger partial charge in [-0.05, 0) is 60.2 Å². The number of allylic oxidation sites excluding steroid dienone is 1. The molecule has 0 bridgehead atoms. The Kier molecular flexibility index (Phi) is 6.79. The second-order valence-electron chi connectivity index (χ2n) is 5.18. The lowest BCUT2D eigenvalue weighted by Gasteiger charge is -2.00. The fraction of sp³-hybridized carbons (Fsp3) is 0.200. The predicted molar refractivity (Wildman–Crippen MR) is 97.8 cm³/mol. The molecule has 0 radical (unpaired) electrons. The van der Waals surface area contributed by atoms with E-state index in [1.165, 1.54) is 5.56 Å². The number of benzene rings is 2.